The minimum absolute atomic E-state index is 0.366. The standard InChI is InChI=1S/C14H11Cl3N2O/c15-10-3-1-2-9(6-10)8-18-14(20)19-13-7-11(16)4-5-12(13)17/h1-7H,8H2,(H2,18,19,20). The van der Waals surface area contributed by atoms with Gasteiger partial charge in [-0.15, -0.1) is 0 Å². The van der Waals surface area contributed by atoms with Crippen molar-refractivity contribution in [2.24, 2.45) is 0 Å². The fourth-order valence-corrected chi connectivity index (χ4v) is 2.14. The summed E-state index contributed by atoms with van der Waals surface area (Å²) in [6.45, 7) is 0.366. The molecule has 0 fully saturated rings. The van der Waals surface area contributed by atoms with Crippen LogP contribution in [0.3, 0.4) is 0 Å². The molecule has 0 aromatic heterocycles. The van der Waals surface area contributed by atoms with Crippen molar-refractivity contribution in [1.82, 2.24) is 5.32 Å². The maximum atomic E-state index is 11.8. The smallest absolute Gasteiger partial charge is 0.319 e. The first kappa shape index (κ1) is 15.0. The number of urea groups is 1. The van der Waals surface area contributed by atoms with Crippen molar-refractivity contribution < 1.29 is 4.79 Å². The summed E-state index contributed by atoms with van der Waals surface area (Å²) in [6, 6.07) is 11.8. The first-order chi connectivity index (χ1) is 9.54. The lowest BCUT2D eigenvalue weighted by Gasteiger charge is -2.09. The molecular formula is C14H11Cl3N2O. The van der Waals surface area contributed by atoms with E-state index in [4.69, 9.17) is 34.8 Å². The summed E-state index contributed by atoms with van der Waals surface area (Å²) in [5.74, 6) is 0. The zero-order valence-electron chi connectivity index (χ0n) is 10.3. The monoisotopic (exact) mass is 328 g/mol. The maximum absolute atomic E-state index is 11.8. The van der Waals surface area contributed by atoms with E-state index in [0.717, 1.165) is 5.56 Å². The number of benzene rings is 2. The van der Waals surface area contributed by atoms with Crippen molar-refractivity contribution >= 4 is 46.5 Å². The molecule has 0 radical (unpaired) electrons. The Labute approximate surface area is 131 Å². The third-order valence-electron chi connectivity index (χ3n) is 2.52. The van der Waals surface area contributed by atoms with Crippen LogP contribution < -0.4 is 10.6 Å². The van der Waals surface area contributed by atoms with Crippen LogP contribution in [-0.4, -0.2) is 6.03 Å². The molecule has 0 aliphatic carbocycles. The molecule has 2 N–H and O–H groups in total. The first-order valence-corrected chi connectivity index (χ1v) is 6.92. The lowest BCUT2D eigenvalue weighted by atomic mass is 10.2. The van der Waals surface area contributed by atoms with Gasteiger partial charge in [0, 0.05) is 16.6 Å². The summed E-state index contributed by atoms with van der Waals surface area (Å²) in [7, 11) is 0. The number of carbonyl (C=O) groups excluding carboxylic acids is 1. The van der Waals surface area contributed by atoms with Gasteiger partial charge in [-0.2, -0.15) is 0 Å². The van der Waals surface area contributed by atoms with E-state index in [-0.39, 0.29) is 6.03 Å². The fraction of sp³-hybridized carbons (Fsp3) is 0.0714. The summed E-state index contributed by atoms with van der Waals surface area (Å²) < 4.78 is 0. The quantitative estimate of drug-likeness (QED) is 0.820. The highest BCUT2D eigenvalue weighted by Crippen LogP contribution is 2.25. The minimum Gasteiger partial charge on any atom is -0.334 e. The molecule has 0 saturated carbocycles. The number of halogens is 3. The van der Waals surface area contributed by atoms with Gasteiger partial charge in [0.25, 0.3) is 0 Å². The minimum atomic E-state index is -0.367. The molecule has 2 aromatic carbocycles. The highest BCUT2D eigenvalue weighted by Gasteiger charge is 2.06. The number of amides is 2. The van der Waals surface area contributed by atoms with Crippen molar-refractivity contribution in [3.8, 4) is 0 Å². The van der Waals surface area contributed by atoms with Crippen molar-refractivity contribution in [3.63, 3.8) is 0 Å². The highest BCUT2D eigenvalue weighted by atomic mass is 35.5. The van der Waals surface area contributed by atoms with E-state index in [0.29, 0.717) is 27.3 Å². The van der Waals surface area contributed by atoms with Crippen LogP contribution in [0, 0.1) is 0 Å². The molecular weight excluding hydrogens is 319 g/mol. The lowest BCUT2D eigenvalue weighted by Crippen LogP contribution is -2.28. The van der Waals surface area contributed by atoms with Gasteiger partial charge in [0.15, 0.2) is 0 Å². The van der Waals surface area contributed by atoms with Gasteiger partial charge < -0.3 is 10.6 Å². The molecule has 0 aliphatic heterocycles. The Balaban J connectivity index is 1.94. The molecule has 20 heavy (non-hydrogen) atoms. The van der Waals surface area contributed by atoms with Gasteiger partial charge in [-0.05, 0) is 35.9 Å². The molecule has 2 amide bonds. The SMILES string of the molecule is O=C(NCc1cccc(Cl)c1)Nc1cc(Cl)ccc1Cl. The molecule has 0 aliphatic rings. The van der Waals surface area contributed by atoms with Crippen LogP contribution in [0.4, 0.5) is 10.5 Å². The van der Waals surface area contributed by atoms with Gasteiger partial charge in [0.2, 0.25) is 0 Å². The van der Waals surface area contributed by atoms with E-state index < -0.39 is 0 Å². The van der Waals surface area contributed by atoms with Gasteiger partial charge >= 0.3 is 6.03 Å². The van der Waals surface area contributed by atoms with Crippen LogP contribution in [0.2, 0.25) is 15.1 Å². The number of rotatable bonds is 3. The van der Waals surface area contributed by atoms with Crippen molar-refractivity contribution in [3.05, 3.63) is 63.1 Å². The molecule has 0 bridgehead atoms. The number of carbonyl (C=O) groups is 1. The second kappa shape index (κ2) is 6.84. The topological polar surface area (TPSA) is 41.1 Å². The largest absolute Gasteiger partial charge is 0.334 e. The molecule has 0 unspecified atom stereocenters. The normalized spacial score (nSPS) is 10.2. The summed E-state index contributed by atoms with van der Waals surface area (Å²) in [4.78, 5) is 11.8. The Morgan fingerprint density at radius 1 is 1.00 bits per heavy atom. The second-order valence-corrected chi connectivity index (χ2v) is 5.34. The van der Waals surface area contributed by atoms with Crippen LogP contribution in [0.25, 0.3) is 0 Å². The van der Waals surface area contributed by atoms with Gasteiger partial charge in [0.1, 0.15) is 0 Å². The molecule has 104 valence electrons. The fourth-order valence-electron chi connectivity index (χ4n) is 1.59. The van der Waals surface area contributed by atoms with E-state index in [1.54, 1.807) is 30.3 Å². The number of nitrogens with one attached hydrogen (secondary N) is 2. The molecule has 0 heterocycles. The van der Waals surface area contributed by atoms with Crippen molar-refractivity contribution in [2.75, 3.05) is 5.32 Å². The Morgan fingerprint density at radius 3 is 2.50 bits per heavy atom. The average Bonchev–Trinajstić information content (AvgIpc) is 2.41. The van der Waals surface area contributed by atoms with E-state index in [9.17, 15) is 4.79 Å². The number of hydrogen-bond acceptors (Lipinski definition) is 1. The Bertz CT molecular complexity index is 632. The van der Waals surface area contributed by atoms with Crippen LogP contribution in [0.5, 0.6) is 0 Å². The summed E-state index contributed by atoms with van der Waals surface area (Å²) >= 11 is 17.7. The van der Waals surface area contributed by atoms with Crippen LogP contribution >= 0.6 is 34.8 Å². The number of anilines is 1. The summed E-state index contributed by atoms with van der Waals surface area (Å²) in [5.41, 5.74) is 1.37. The third kappa shape index (κ3) is 4.30. The Kier molecular flexibility index (Phi) is 5.12. The van der Waals surface area contributed by atoms with E-state index in [1.165, 1.54) is 0 Å². The lowest BCUT2D eigenvalue weighted by molar-refractivity contribution is 0.251. The van der Waals surface area contributed by atoms with Crippen molar-refractivity contribution in [1.29, 1.82) is 0 Å². The third-order valence-corrected chi connectivity index (χ3v) is 3.32. The Morgan fingerprint density at radius 2 is 1.75 bits per heavy atom. The van der Waals surface area contributed by atoms with Gasteiger partial charge in [-0.25, -0.2) is 4.79 Å². The van der Waals surface area contributed by atoms with Crippen LogP contribution in [0.15, 0.2) is 42.5 Å². The van der Waals surface area contributed by atoms with E-state index in [2.05, 4.69) is 10.6 Å². The zero-order chi connectivity index (χ0) is 14.5. The van der Waals surface area contributed by atoms with Crippen LogP contribution in [-0.2, 0) is 6.54 Å². The summed E-state index contributed by atoms with van der Waals surface area (Å²) in [5, 5.41) is 6.90. The molecule has 3 nitrogen and oxygen atoms in total. The molecule has 2 aromatic rings. The number of hydrogen-bond donors (Lipinski definition) is 2. The second-order valence-electron chi connectivity index (χ2n) is 4.06. The average molecular weight is 330 g/mol. The highest BCUT2D eigenvalue weighted by molar-refractivity contribution is 6.35. The van der Waals surface area contributed by atoms with Crippen LogP contribution in [0.1, 0.15) is 5.56 Å². The Hall–Kier alpha value is -1.42. The zero-order valence-corrected chi connectivity index (χ0v) is 12.6. The predicted octanol–water partition coefficient (Wildman–Crippen LogP) is 4.97. The molecule has 0 saturated heterocycles. The summed E-state index contributed by atoms with van der Waals surface area (Å²) in [6.07, 6.45) is 0. The van der Waals surface area contributed by atoms with Gasteiger partial charge in [0.05, 0.1) is 10.7 Å². The van der Waals surface area contributed by atoms with Crippen molar-refractivity contribution in [2.45, 2.75) is 6.54 Å². The molecule has 2 rings (SSSR count). The van der Waals surface area contributed by atoms with E-state index >= 15 is 0 Å². The van der Waals surface area contributed by atoms with Gasteiger partial charge in [-0.1, -0.05) is 46.9 Å². The molecule has 0 spiro atoms. The molecule has 6 heteroatoms. The van der Waals surface area contributed by atoms with E-state index in [1.807, 2.05) is 12.1 Å². The predicted molar refractivity (Wildman–Crippen MR) is 83.8 cm³/mol. The maximum Gasteiger partial charge on any atom is 0.319 e. The van der Waals surface area contributed by atoms with Gasteiger partial charge in [-0.3, -0.25) is 0 Å². The molecule has 0 atom stereocenters. The first-order valence-electron chi connectivity index (χ1n) is 5.79.